The van der Waals surface area contributed by atoms with E-state index in [0.717, 1.165) is 10.0 Å². The average Bonchev–Trinajstić information content (AvgIpc) is 2.74. The molecule has 0 aliphatic carbocycles. The molecule has 0 fully saturated rings. The second kappa shape index (κ2) is 9.72. The lowest BCUT2D eigenvalue weighted by Crippen LogP contribution is -2.15. The van der Waals surface area contributed by atoms with Crippen molar-refractivity contribution in [2.45, 2.75) is 13.5 Å². The SMILES string of the molecule is CC(=O)Nc1ccc(Br)cc1NC(=O)c1cccc(OCc2ccccc2C#N)c1. The van der Waals surface area contributed by atoms with Gasteiger partial charge >= 0.3 is 0 Å². The zero-order valence-electron chi connectivity index (χ0n) is 16.1. The van der Waals surface area contributed by atoms with Crippen LogP contribution in [0, 0.1) is 11.3 Å². The molecule has 6 nitrogen and oxygen atoms in total. The Kier molecular flexibility index (Phi) is 6.83. The van der Waals surface area contributed by atoms with E-state index in [1.807, 2.05) is 12.1 Å². The number of nitrogens with zero attached hydrogens (tertiary/aromatic N) is 1. The quantitative estimate of drug-likeness (QED) is 0.531. The van der Waals surface area contributed by atoms with E-state index in [9.17, 15) is 14.9 Å². The first-order valence-electron chi connectivity index (χ1n) is 9.05. The third kappa shape index (κ3) is 5.46. The molecule has 0 saturated heterocycles. The minimum Gasteiger partial charge on any atom is -0.489 e. The molecule has 3 aromatic rings. The highest BCUT2D eigenvalue weighted by molar-refractivity contribution is 9.10. The molecular formula is C23H18BrN3O3. The predicted octanol–water partition coefficient (Wildman–Crippen LogP) is 5.11. The molecule has 0 aliphatic heterocycles. The number of benzene rings is 3. The highest BCUT2D eigenvalue weighted by atomic mass is 79.9. The van der Waals surface area contributed by atoms with Crippen LogP contribution in [0.5, 0.6) is 5.75 Å². The van der Waals surface area contributed by atoms with Gasteiger partial charge in [-0.3, -0.25) is 9.59 Å². The van der Waals surface area contributed by atoms with Crippen molar-refractivity contribution in [2.24, 2.45) is 0 Å². The maximum atomic E-state index is 12.8. The van der Waals surface area contributed by atoms with Gasteiger partial charge in [-0.2, -0.15) is 5.26 Å². The van der Waals surface area contributed by atoms with Crippen LogP contribution in [0.4, 0.5) is 11.4 Å². The van der Waals surface area contributed by atoms with E-state index in [4.69, 9.17) is 4.74 Å². The Bertz CT molecular complexity index is 1140. The third-order valence-corrected chi connectivity index (χ3v) is 4.66. The summed E-state index contributed by atoms with van der Waals surface area (Å²) in [6.07, 6.45) is 0. The van der Waals surface area contributed by atoms with Crippen LogP contribution >= 0.6 is 15.9 Å². The standard InChI is InChI=1S/C23H18BrN3O3/c1-15(28)26-21-10-9-19(24)12-22(21)27-23(29)16-7-4-8-20(11-16)30-14-18-6-3-2-5-17(18)13-25/h2-12H,14H2,1H3,(H,26,28)(H,27,29). The molecule has 3 rings (SSSR count). The summed E-state index contributed by atoms with van der Waals surface area (Å²) in [6, 6.07) is 21.3. The summed E-state index contributed by atoms with van der Waals surface area (Å²) in [7, 11) is 0. The Hall–Kier alpha value is -3.63. The Morgan fingerprint density at radius 3 is 2.57 bits per heavy atom. The zero-order chi connectivity index (χ0) is 21.5. The van der Waals surface area contributed by atoms with Gasteiger partial charge in [0.25, 0.3) is 5.91 Å². The van der Waals surface area contributed by atoms with Gasteiger partial charge in [0.1, 0.15) is 12.4 Å². The number of carbonyl (C=O) groups excluding carboxylic acids is 2. The fourth-order valence-electron chi connectivity index (χ4n) is 2.76. The molecule has 7 heteroatoms. The number of nitriles is 1. The molecule has 0 atom stereocenters. The maximum Gasteiger partial charge on any atom is 0.255 e. The van der Waals surface area contributed by atoms with E-state index >= 15 is 0 Å². The highest BCUT2D eigenvalue weighted by Gasteiger charge is 2.12. The van der Waals surface area contributed by atoms with Gasteiger partial charge in [-0.05, 0) is 42.5 Å². The van der Waals surface area contributed by atoms with Crippen molar-refractivity contribution in [1.29, 1.82) is 5.26 Å². The fourth-order valence-corrected chi connectivity index (χ4v) is 3.12. The molecule has 0 saturated carbocycles. The van der Waals surface area contributed by atoms with E-state index in [-0.39, 0.29) is 18.4 Å². The molecule has 0 bridgehead atoms. The number of ether oxygens (including phenoxy) is 1. The number of hydrogen-bond acceptors (Lipinski definition) is 4. The topological polar surface area (TPSA) is 91.2 Å². The molecule has 2 N–H and O–H groups in total. The third-order valence-electron chi connectivity index (χ3n) is 4.17. The first-order valence-corrected chi connectivity index (χ1v) is 9.85. The summed E-state index contributed by atoms with van der Waals surface area (Å²) >= 11 is 3.37. The van der Waals surface area contributed by atoms with Crippen LogP contribution in [-0.2, 0) is 11.4 Å². The number of nitrogens with one attached hydrogen (secondary N) is 2. The number of rotatable bonds is 6. The average molecular weight is 464 g/mol. The van der Waals surface area contributed by atoms with E-state index in [1.165, 1.54) is 6.92 Å². The van der Waals surface area contributed by atoms with Crippen molar-refractivity contribution in [3.8, 4) is 11.8 Å². The number of halogens is 1. The van der Waals surface area contributed by atoms with Gasteiger partial charge in [-0.1, -0.05) is 40.2 Å². The van der Waals surface area contributed by atoms with Crippen LogP contribution in [0.2, 0.25) is 0 Å². The lowest BCUT2D eigenvalue weighted by molar-refractivity contribution is -0.114. The van der Waals surface area contributed by atoms with Crippen molar-refractivity contribution in [3.05, 3.63) is 87.9 Å². The Labute approximate surface area is 182 Å². The maximum absolute atomic E-state index is 12.8. The molecule has 0 aromatic heterocycles. The van der Waals surface area contributed by atoms with E-state index in [0.29, 0.717) is 28.3 Å². The first-order chi connectivity index (χ1) is 14.5. The summed E-state index contributed by atoms with van der Waals surface area (Å²) in [4.78, 5) is 24.2. The fraction of sp³-hybridized carbons (Fsp3) is 0.0870. The van der Waals surface area contributed by atoms with Crippen LogP contribution in [0.25, 0.3) is 0 Å². The van der Waals surface area contributed by atoms with Crippen molar-refractivity contribution < 1.29 is 14.3 Å². The number of hydrogen-bond donors (Lipinski definition) is 2. The summed E-state index contributed by atoms with van der Waals surface area (Å²) in [6.45, 7) is 1.62. The number of amides is 2. The molecule has 0 spiro atoms. The minimum absolute atomic E-state index is 0.215. The zero-order valence-corrected chi connectivity index (χ0v) is 17.7. The van der Waals surface area contributed by atoms with Crippen LogP contribution in [0.1, 0.15) is 28.4 Å². The second-order valence-corrected chi connectivity index (χ2v) is 7.33. The summed E-state index contributed by atoms with van der Waals surface area (Å²) < 4.78 is 6.54. The van der Waals surface area contributed by atoms with Crippen LogP contribution in [0.3, 0.4) is 0 Å². The molecule has 2 amide bonds. The highest BCUT2D eigenvalue weighted by Crippen LogP contribution is 2.27. The van der Waals surface area contributed by atoms with Crippen molar-refractivity contribution >= 4 is 39.1 Å². The van der Waals surface area contributed by atoms with Gasteiger partial charge in [0.05, 0.1) is 23.0 Å². The molecule has 0 heterocycles. The number of carbonyl (C=O) groups is 2. The smallest absolute Gasteiger partial charge is 0.255 e. The van der Waals surface area contributed by atoms with E-state index < -0.39 is 0 Å². The number of anilines is 2. The Balaban J connectivity index is 1.75. The van der Waals surface area contributed by atoms with Crippen LogP contribution < -0.4 is 15.4 Å². The predicted molar refractivity (Wildman–Crippen MR) is 118 cm³/mol. The minimum atomic E-state index is -0.345. The molecule has 3 aromatic carbocycles. The van der Waals surface area contributed by atoms with Gasteiger partial charge < -0.3 is 15.4 Å². The monoisotopic (exact) mass is 463 g/mol. The van der Waals surface area contributed by atoms with Gasteiger partial charge in [0, 0.05) is 22.5 Å². The van der Waals surface area contributed by atoms with Crippen LogP contribution in [0.15, 0.2) is 71.2 Å². The summed E-state index contributed by atoms with van der Waals surface area (Å²) in [5.74, 6) is -0.0739. The Morgan fingerprint density at radius 1 is 1.00 bits per heavy atom. The largest absolute Gasteiger partial charge is 0.489 e. The molecule has 30 heavy (non-hydrogen) atoms. The van der Waals surface area contributed by atoms with Gasteiger partial charge in [-0.25, -0.2) is 0 Å². The summed E-state index contributed by atoms with van der Waals surface area (Å²) in [5, 5.41) is 14.7. The van der Waals surface area contributed by atoms with Crippen molar-refractivity contribution in [3.63, 3.8) is 0 Å². The first kappa shape index (κ1) is 21.1. The Morgan fingerprint density at radius 2 is 1.80 bits per heavy atom. The van der Waals surface area contributed by atoms with Crippen molar-refractivity contribution in [2.75, 3.05) is 10.6 Å². The van der Waals surface area contributed by atoms with E-state index in [2.05, 4.69) is 32.6 Å². The summed E-state index contributed by atoms with van der Waals surface area (Å²) in [5.41, 5.74) is 2.68. The lowest BCUT2D eigenvalue weighted by Gasteiger charge is -2.13. The molecule has 0 radical (unpaired) electrons. The van der Waals surface area contributed by atoms with E-state index in [1.54, 1.807) is 54.6 Å². The molecule has 0 unspecified atom stereocenters. The van der Waals surface area contributed by atoms with Gasteiger partial charge in [-0.15, -0.1) is 0 Å². The van der Waals surface area contributed by atoms with Crippen LogP contribution in [-0.4, -0.2) is 11.8 Å². The lowest BCUT2D eigenvalue weighted by atomic mass is 10.1. The van der Waals surface area contributed by atoms with Crippen molar-refractivity contribution in [1.82, 2.24) is 0 Å². The van der Waals surface area contributed by atoms with Gasteiger partial charge in [0.15, 0.2) is 0 Å². The molecule has 150 valence electrons. The molecule has 0 aliphatic rings. The second-order valence-electron chi connectivity index (χ2n) is 6.41. The molecular weight excluding hydrogens is 446 g/mol. The normalized spacial score (nSPS) is 10.0. The van der Waals surface area contributed by atoms with Gasteiger partial charge in [0.2, 0.25) is 5.91 Å².